The molecule has 29 heavy (non-hydrogen) atoms. The zero-order chi connectivity index (χ0) is 20.4. The average molecular weight is 415 g/mol. The molecule has 4 heterocycles. The summed E-state index contributed by atoms with van der Waals surface area (Å²) in [5.41, 5.74) is 1.76. The van der Waals surface area contributed by atoms with E-state index >= 15 is 0 Å². The highest BCUT2D eigenvalue weighted by Crippen LogP contribution is 2.20. The number of pyridine rings is 1. The molecule has 3 aromatic rings. The van der Waals surface area contributed by atoms with Gasteiger partial charge in [-0.05, 0) is 6.07 Å². The van der Waals surface area contributed by atoms with Crippen LogP contribution in [-0.2, 0) is 7.05 Å². The number of hydrogen-bond donors (Lipinski definition) is 1. The molecule has 1 aliphatic heterocycles. The number of nitrogens with one attached hydrogen (secondary N) is 1. The van der Waals surface area contributed by atoms with Crippen LogP contribution in [0, 0.1) is 0 Å². The van der Waals surface area contributed by atoms with Crippen molar-refractivity contribution in [1.29, 1.82) is 0 Å². The van der Waals surface area contributed by atoms with Gasteiger partial charge in [-0.2, -0.15) is 5.10 Å². The number of likely N-dealkylation sites (tertiary alicyclic amines) is 1. The lowest BCUT2D eigenvalue weighted by molar-refractivity contribution is 0.0578. The molecule has 0 atom stereocenters. The summed E-state index contributed by atoms with van der Waals surface area (Å²) in [6, 6.07) is 1.71. The van der Waals surface area contributed by atoms with Crippen molar-refractivity contribution in [2.24, 2.45) is 7.05 Å². The largest absolute Gasteiger partial charge is 0.460 e. The Kier molecular flexibility index (Phi) is 5.30. The van der Waals surface area contributed by atoms with E-state index in [2.05, 4.69) is 20.1 Å². The number of aromatic nitrogens is 5. The summed E-state index contributed by atoms with van der Waals surface area (Å²) < 4.78 is 7.59. The molecule has 1 N–H and O–H groups in total. The van der Waals surface area contributed by atoms with E-state index in [-0.39, 0.29) is 17.0 Å². The number of rotatable bonds is 4. The van der Waals surface area contributed by atoms with E-state index in [1.54, 1.807) is 28.2 Å². The lowest BCUT2D eigenvalue weighted by atomic mass is 10.1. The molecule has 10 heteroatoms. The number of carbonyl (C=O) groups is 1. The van der Waals surface area contributed by atoms with Gasteiger partial charge >= 0.3 is 6.01 Å². The van der Waals surface area contributed by atoms with Crippen LogP contribution >= 0.6 is 11.6 Å². The second-order valence-corrected chi connectivity index (χ2v) is 7.24. The maximum Gasteiger partial charge on any atom is 0.316 e. The SMILES string of the molecule is Cn1cc(-c2cnc(OC3CCN(C(=O)c4c[nH]c(=O)c(Cl)c4)CC3)nc2)cn1. The highest BCUT2D eigenvalue weighted by molar-refractivity contribution is 6.30. The second kappa shape index (κ2) is 8.04. The van der Waals surface area contributed by atoms with E-state index in [1.165, 1.54) is 12.3 Å². The van der Waals surface area contributed by atoms with Crippen LogP contribution in [0.5, 0.6) is 6.01 Å². The molecule has 0 aromatic carbocycles. The summed E-state index contributed by atoms with van der Waals surface area (Å²) in [5.74, 6) is -0.168. The molecule has 1 fully saturated rings. The van der Waals surface area contributed by atoms with Crippen LogP contribution in [0.4, 0.5) is 0 Å². The molecule has 0 unspecified atom stereocenters. The van der Waals surface area contributed by atoms with Crippen molar-refractivity contribution < 1.29 is 9.53 Å². The number of H-pyrrole nitrogens is 1. The molecule has 9 nitrogen and oxygen atoms in total. The van der Waals surface area contributed by atoms with E-state index in [0.29, 0.717) is 37.5 Å². The van der Waals surface area contributed by atoms with Crippen molar-refractivity contribution in [2.45, 2.75) is 18.9 Å². The first kappa shape index (κ1) is 19.1. The Morgan fingerprint density at radius 3 is 2.55 bits per heavy atom. The van der Waals surface area contributed by atoms with Crippen LogP contribution in [0.1, 0.15) is 23.2 Å². The number of nitrogens with zero attached hydrogens (tertiary/aromatic N) is 5. The first-order valence-corrected chi connectivity index (χ1v) is 9.52. The fourth-order valence-corrected chi connectivity index (χ4v) is 3.36. The van der Waals surface area contributed by atoms with Crippen LogP contribution < -0.4 is 10.3 Å². The summed E-state index contributed by atoms with van der Waals surface area (Å²) >= 11 is 5.81. The number of aryl methyl sites for hydroxylation is 1. The summed E-state index contributed by atoms with van der Waals surface area (Å²) in [7, 11) is 1.85. The molecule has 3 aromatic heterocycles. The van der Waals surface area contributed by atoms with Crippen LogP contribution in [0.25, 0.3) is 11.1 Å². The normalized spacial score (nSPS) is 14.8. The number of carbonyl (C=O) groups excluding carboxylic acids is 1. The third-order valence-electron chi connectivity index (χ3n) is 4.77. The standard InChI is InChI=1S/C19H19ClN6O3/c1-25-11-14(10-24-25)13-8-22-19(23-9-13)29-15-2-4-26(5-3-15)18(28)12-6-16(20)17(27)21-7-12/h6-11,15H,2-5H2,1H3,(H,21,27). The van der Waals surface area contributed by atoms with E-state index in [9.17, 15) is 9.59 Å². The quantitative estimate of drug-likeness (QED) is 0.698. The van der Waals surface area contributed by atoms with Crippen molar-refractivity contribution in [3.63, 3.8) is 0 Å². The smallest absolute Gasteiger partial charge is 0.316 e. The van der Waals surface area contributed by atoms with Gasteiger partial charge in [-0.25, -0.2) is 9.97 Å². The van der Waals surface area contributed by atoms with E-state index in [1.807, 2.05) is 13.2 Å². The van der Waals surface area contributed by atoms with Crippen LogP contribution in [0.15, 0.2) is 41.8 Å². The van der Waals surface area contributed by atoms with Gasteiger partial charge in [-0.15, -0.1) is 0 Å². The zero-order valence-electron chi connectivity index (χ0n) is 15.7. The number of ether oxygens (including phenoxy) is 1. The fraction of sp³-hybridized carbons (Fsp3) is 0.316. The second-order valence-electron chi connectivity index (χ2n) is 6.83. The number of hydrogen-bond acceptors (Lipinski definition) is 6. The molecular formula is C19H19ClN6O3. The van der Waals surface area contributed by atoms with Gasteiger partial charge in [-0.1, -0.05) is 11.6 Å². The lowest BCUT2D eigenvalue weighted by Gasteiger charge is -2.31. The highest BCUT2D eigenvalue weighted by atomic mass is 35.5. The summed E-state index contributed by atoms with van der Waals surface area (Å²) in [5, 5.41) is 4.14. The fourth-order valence-electron chi connectivity index (χ4n) is 3.18. The lowest BCUT2D eigenvalue weighted by Crippen LogP contribution is -2.42. The van der Waals surface area contributed by atoms with Gasteiger partial charge in [-0.3, -0.25) is 14.3 Å². The highest BCUT2D eigenvalue weighted by Gasteiger charge is 2.25. The van der Waals surface area contributed by atoms with Gasteiger partial charge in [0.2, 0.25) is 0 Å². The Morgan fingerprint density at radius 1 is 1.21 bits per heavy atom. The monoisotopic (exact) mass is 414 g/mol. The first-order valence-electron chi connectivity index (χ1n) is 9.15. The number of aromatic amines is 1. The van der Waals surface area contributed by atoms with Crippen LogP contribution in [0.2, 0.25) is 5.02 Å². The van der Waals surface area contributed by atoms with Crippen molar-refractivity contribution in [2.75, 3.05) is 13.1 Å². The minimum absolute atomic E-state index is 0.000879. The molecular weight excluding hydrogens is 396 g/mol. The predicted octanol–water partition coefficient (Wildman–Crippen LogP) is 1.90. The summed E-state index contributed by atoms with van der Waals surface area (Å²) in [6.45, 7) is 1.07. The number of amides is 1. The Hall–Kier alpha value is -3.20. The van der Waals surface area contributed by atoms with E-state index < -0.39 is 5.56 Å². The molecule has 0 bridgehead atoms. The Bertz CT molecular complexity index is 1070. The molecule has 0 aliphatic carbocycles. The average Bonchev–Trinajstić information content (AvgIpc) is 3.17. The van der Waals surface area contributed by atoms with Crippen molar-refractivity contribution in [3.05, 3.63) is 58.0 Å². The Morgan fingerprint density at radius 2 is 1.93 bits per heavy atom. The van der Waals surface area contributed by atoms with Crippen molar-refractivity contribution >= 4 is 17.5 Å². The Balaban J connectivity index is 1.33. The minimum atomic E-state index is -0.412. The zero-order valence-corrected chi connectivity index (χ0v) is 16.5. The molecule has 150 valence electrons. The van der Waals surface area contributed by atoms with Gasteiger partial charge in [0, 0.05) is 68.9 Å². The molecule has 4 rings (SSSR count). The van der Waals surface area contributed by atoms with Gasteiger partial charge in [0.05, 0.1) is 11.8 Å². The minimum Gasteiger partial charge on any atom is -0.460 e. The van der Waals surface area contributed by atoms with E-state index in [4.69, 9.17) is 16.3 Å². The third-order valence-corrected chi connectivity index (χ3v) is 5.05. The van der Waals surface area contributed by atoms with Crippen LogP contribution in [0.3, 0.4) is 0 Å². The topological polar surface area (TPSA) is 106 Å². The summed E-state index contributed by atoms with van der Waals surface area (Å²) in [4.78, 5) is 36.7. The number of halogens is 1. The molecule has 0 saturated carbocycles. The molecule has 1 amide bonds. The maximum absolute atomic E-state index is 12.6. The van der Waals surface area contributed by atoms with Gasteiger partial charge in [0.25, 0.3) is 11.5 Å². The Labute approximate surface area is 171 Å². The van der Waals surface area contributed by atoms with Crippen molar-refractivity contribution in [3.8, 4) is 17.1 Å². The molecule has 0 spiro atoms. The van der Waals surface area contributed by atoms with Gasteiger partial charge in [0.15, 0.2) is 0 Å². The van der Waals surface area contributed by atoms with E-state index in [0.717, 1.165) is 11.1 Å². The third kappa shape index (κ3) is 4.29. The van der Waals surface area contributed by atoms with Gasteiger partial charge < -0.3 is 14.6 Å². The molecule has 1 aliphatic rings. The van der Waals surface area contributed by atoms with Gasteiger partial charge in [0.1, 0.15) is 11.1 Å². The van der Waals surface area contributed by atoms with Crippen LogP contribution in [-0.4, -0.2) is 54.7 Å². The van der Waals surface area contributed by atoms with Crippen molar-refractivity contribution in [1.82, 2.24) is 29.6 Å². The molecule has 1 saturated heterocycles. The summed E-state index contributed by atoms with van der Waals surface area (Å²) in [6.07, 6.45) is 9.70. The molecule has 0 radical (unpaired) electrons. The predicted molar refractivity (Wildman–Crippen MR) is 106 cm³/mol. The maximum atomic E-state index is 12.6. The number of piperidine rings is 1. The first-order chi connectivity index (χ1) is 14.0.